The monoisotopic (exact) mass is 233 g/mol. The maximum Gasteiger partial charge on any atom is 0.493 e. The minimum atomic E-state index is -1.88. The molecule has 1 heterocycles. The van der Waals surface area contributed by atoms with Gasteiger partial charge in [-0.1, -0.05) is 24.3 Å². The van der Waals surface area contributed by atoms with E-state index in [2.05, 4.69) is 4.98 Å². The lowest BCUT2D eigenvalue weighted by Gasteiger charge is -2.06. The number of benzene rings is 1. The summed E-state index contributed by atoms with van der Waals surface area (Å²) in [5, 5.41) is 17.6. The van der Waals surface area contributed by atoms with Crippen LogP contribution in [0.3, 0.4) is 0 Å². The molecule has 0 amide bonds. The molecule has 0 aliphatic rings. The predicted octanol–water partition coefficient (Wildman–Crippen LogP) is 0.693. The van der Waals surface area contributed by atoms with Gasteiger partial charge in [0.25, 0.3) is 0 Å². The van der Waals surface area contributed by atoms with Crippen molar-refractivity contribution in [2.24, 2.45) is 0 Å². The Morgan fingerprint density at radius 1 is 1.06 bits per heavy atom. The van der Waals surface area contributed by atoms with E-state index >= 15 is 0 Å². The summed E-state index contributed by atoms with van der Waals surface area (Å²) in [7, 11) is -1.88. The summed E-state index contributed by atoms with van der Waals surface area (Å²) in [6, 6.07) is 11.4. The molecule has 2 rings (SSSR count). The van der Waals surface area contributed by atoms with Crippen molar-refractivity contribution in [3.8, 4) is 11.6 Å². The molecule has 0 fully saturated rings. The molecule has 6 heteroatoms. The van der Waals surface area contributed by atoms with Crippen LogP contribution in [0.1, 0.15) is 0 Å². The van der Waals surface area contributed by atoms with Crippen LogP contribution in [0, 0.1) is 5.95 Å². The van der Waals surface area contributed by atoms with Crippen LogP contribution in [0.5, 0.6) is 11.6 Å². The van der Waals surface area contributed by atoms with Crippen LogP contribution < -0.4 is 10.2 Å². The van der Waals surface area contributed by atoms with Gasteiger partial charge in [-0.05, 0) is 12.1 Å². The Hall–Kier alpha value is -1.92. The number of halogens is 1. The summed E-state index contributed by atoms with van der Waals surface area (Å²) >= 11 is 0. The van der Waals surface area contributed by atoms with Crippen LogP contribution in [0.25, 0.3) is 0 Å². The zero-order valence-electron chi connectivity index (χ0n) is 8.75. The van der Waals surface area contributed by atoms with Crippen LogP contribution in [0.15, 0.2) is 42.5 Å². The van der Waals surface area contributed by atoms with Gasteiger partial charge in [-0.15, -0.1) is 0 Å². The van der Waals surface area contributed by atoms with Gasteiger partial charge >= 0.3 is 7.12 Å². The van der Waals surface area contributed by atoms with Crippen molar-refractivity contribution >= 4 is 12.6 Å². The van der Waals surface area contributed by atoms with Gasteiger partial charge in [0, 0.05) is 11.5 Å². The van der Waals surface area contributed by atoms with Crippen molar-refractivity contribution in [3.63, 3.8) is 0 Å². The lowest BCUT2D eigenvalue weighted by molar-refractivity contribution is 0.418. The molecule has 17 heavy (non-hydrogen) atoms. The molecular formula is C11H9BFNO3. The Morgan fingerprint density at radius 2 is 1.76 bits per heavy atom. The number of aromatic nitrogens is 1. The second-order valence-corrected chi connectivity index (χ2v) is 3.32. The van der Waals surface area contributed by atoms with Crippen molar-refractivity contribution in [1.82, 2.24) is 4.98 Å². The number of pyridine rings is 1. The molecule has 0 bridgehead atoms. The molecule has 0 saturated carbocycles. The lowest BCUT2D eigenvalue weighted by Crippen LogP contribution is -2.33. The molecule has 2 aromatic rings. The molecule has 1 aromatic carbocycles. The van der Waals surface area contributed by atoms with Crippen LogP contribution in [0.2, 0.25) is 0 Å². The number of ether oxygens (including phenoxy) is 1. The van der Waals surface area contributed by atoms with Gasteiger partial charge in [-0.3, -0.25) is 0 Å². The van der Waals surface area contributed by atoms with E-state index in [9.17, 15) is 4.39 Å². The molecule has 0 unspecified atom stereocenters. The molecule has 0 atom stereocenters. The summed E-state index contributed by atoms with van der Waals surface area (Å²) in [6.45, 7) is 0. The predicted molar refractivity (Wildman–Crippen MR) is 60.5 cm³/mol. The van der Waals surface area contributed by atoms with Gasteiger partial charge in [0.1, 0.15) is 5.75 Å². The maximum absolute atomic E-state index is 13.3. The smallest absolute Gasteiger partial charge is 0.439 e. The van der Waals surface area contributed by atoms with E-state index in [0.717, 1.165) is 0 Å². The minimum Gasteiger partial charge on any atom is -0.439 e. The highest BCUT2D eigenvalue weighted by Gasteiger charge is 2.18. The first-order valence-corrected chi connectivity index (χ1v) is 4.92. The second-order valence-electron chi connectivity index (χ2n) is 3.32. The van der Waals surface area contributed by atoms with E-state index in [1.54, 1.807) is 24.3 Å². The summed E-state index contributed by atoms with van der Waals surface area (Å²) in [4.78, 5) is 3.48. The standard InChI is InChI=1S/C11H9BFNO3/c13-11-9(12(15)16)6-7-10(14-11)17-8-4-2-1-3-5-8/h1-7,15-16H. The van der Waals surface area contributed by atoms with Crippen LogP contribution >= 0.6 is 0 Å². The van der Waals surface area contributed by atoms with Gasteiger partial charge < -0.3 is 14.8 Å². The van der Waals surface area contributed by atoms with Crippen molar-refractivity contribution in [2.75, 3.05) is 0 Å². The average molecular weight is 233 g/mol. The summed E-state index contributed by atoms with van der Waals surface area (Å²) in [6.07, 6.45) is 0. The molecule has 0 spiro atoms. The first-order chi connectivity index (χ1) is 8.16. The van der Waals surface area contributed by atoms with Gasteiger partial charge in [-0.25, -0.2) is 0 Å². The van der Waals surface area contributed by atoms with Crippen molar-refractivity contribution < 1.29 is 19.2 Å². The SMILES string of the molecule is OB(O)c1ccc(Oc2ccccc2)nc1F. The number of para-hydroxylation sites is 1. The molecule has 0 saturated heterocycles. The number of rotatable bonds is 3. The number of nitrogens with zero attached hydrogens (tertiary/aromatic N) is 1. The Labute approximate surface area is 97.5 Å². The first kappa shape index (κ1) is 11.6. The molecule has 1 aromatic heterocycles. The van der Waals surface area contributed by atoms with Gasteiger partial charge in [0.15, 0.2) is 0 Å². The highest BCUT2D eigenvalue weighted by atomic mass is 19.1. The minimum absolute atomic E-state index is 0.0538. The Kier molecular flexibility index (Phi) is 3.36. The van der Waals surface area contributed by atoms with Crippen LogP contribution in [-0.4, -0.2) is 22.2 Å². The second kappa shape index (κ2) is 4.94. The van der Waals surface area contributed by atoms with Crippen LogP contribution in [0.4, 0.5) is 4.39 Å². The van der Waals surface area contributed by atoms with Crippen molar-refractivity contribution in [2.45, 2.75) is 0 Å². The fourth-order valence-corrected chi connectivity index (χ4v) is 1.29. The normalized spacial score (nSPS) is 10.1. The molecular weight excluding hydrogens is 224 g/mol. The molecule has 4 nitrogen and oxygen atoms in total. The van der Waals surface area contributed by atoms with E-state index in [1.807, 2.05) is 6.07 Å². The Balaban J connectivity index is 2.21. The highest BCUT2D eigenvalue weighted by molar-refractivity contribution is 6.58. The van der Waals surface area contributed by atoms with Crippen LogP contribution in [-0.2, 0) is 0 Å². The third kappa shape index (κ3) is 2.80. The Morgan fingerprint density at radius 3 is 2.35 bits per heavy atom. The van der Waals surface area contributed by atoms with Gasteiger partial charge in [0.05, 0.1) is 0 Å². The molecule has 0 radical (unpaired) electrons. The third-order valence-corrected chi connectivity index (χ3v) is 2.10. The number of hydrogen-bond donors (Lipinski definition) is 2. The summed E-state index contributed by atoms with van der Waals surface area (Å²) in [5.41, 5.74) is -0.287. The first-order valence-electron chi connectivity index (χ1n) is 4.92. The maximum atomic E-state index is 13.3. The Bertz CT molecular complexity index is 507. The quantitative estimate of drug-likeness (QED) is 0.604. The van der Waals surface area contributed by atoms with E-state index in [-0.39, 0.29) is 11.3 Å². The zero-order chi connectivity index (χ0) is 12.3. The number of hydrogen-bond acceptors (Lipinski definition) is 4. The lowest BCUT2D eigenvalue weighted by atomic mass is 9.81. The van der Waals surface area contributed by atoms with Gasteiger partial charge in [-0.2, -0.15) is 9.37 Å². The fraction of sp³-hybridized carbons (Fsp3) is 0. The fourth-order valence-electron chi connectivity index (χ4n) is 1.29. The average Bonchev–Trinajstić information content (AvgIpc) is 2.30. The third-order valence-electron chi connectivity index (χ3n) is 2.10. The largest absolute Gasteiger partial charge is 0.493 e. The highest BCUT2D eigenvalue weighted by Crippen LogP contribution is 2.17. The molecule has 86 valence electrons. The summed E-state index contributed by atoms with van der Waals surface area (Å²) < 4.78 is 18.6. The van der Waals surface area contributed by atoms with E-state index < -0.39 is 13.1 Å². The zero-order valence-corrected chi connectivity index (χ0v) is 8.75. The van der Waals surface area contributed by atoms with Crippen molar-refractivity contribution in [3.05, 3.63) is 48.4 Å². The van der Waals surface area contributed by atoms with E-state index in [4.69, 9.17) is 14.8 Å². The summed E-state index contributed by atoms with van der Waals surface area (Å²) in [5.74, 6) is -0.386. The van der Waals surface area contributed by atoms with E-state index in [1.165, 1.54) is 12.1 Å². The topological polar surface area (TPSA) is 62.6 Å². The van der Waals surface area contributed by atoms with Crippen molar-refractivity contribution in [1.29, 1.82) is 0 Å². The molecule has 2 N–H and O–H groups in total. The van der Waals surface area contributed by atoms with Gasteiger partial charge in [0.2, 0.25) is 11.8 Å². The molecule has 0 aliphatic heterocycles. The van der Waals surface area contributed by atoms with E-state index in [0.29, 0.717) is 5.75 Å². The molecule has 0 aliphatic carbocycles.